The summed E-state index contributed by atoms with van der Waals surface area (Å²) in [7, 11) is 1.88. The van der Waals surface area contributed by atoms with Gasteiger partial charge < -0.3 is 5.32 Å². The highest BCUT2D eigenvalue weighted by Gasteiger charge is 2.08. The Bertz CT molecular complexity index is 391. The van der Waals surface area contributed by atoms with Crippen LogP contribution in [-0.2, 0) is 13.1 Å². The number of rotatable bonds is 8. The van der Waals surface area contributed by atoms with Crippen molar-refractivity contribution in [3.05, 3.63) is 60.5 Å². The van der Waals surface area contributed by atoms with E-state index in [0.717, 1.165) is 25.2 Å². The Labute approximate surface area is 109 Å². The topological polar surface area (TPSA) is 15.3 Å². The molecule has 1 rings (SSSR count). The van der Waals surface area contributed by atoms with Crippen LogP contribution >= 0.6 is 0 Å². The van der Waals surface area contributed by atoms with E-state index in [9.17, 15) is 4.39 Å². The summed E-state index contributed by atoms with van der Waals surface area (Å²) in [6.45, 7) is 10.2. The Kier molecular flexibility index (Phi) is 6.33. The minimum absolute atomic E-state index is 0.159. The molecule has 0 fully saturated rings. The van der Waals surface area contributed by atoms with Gasteiger partial charge in [-0.3, -0.25) is 4.90 Å². The predicted molar refractivity (Wildman–Crippen MR) is 74.8 cm³/mol. The first kappa shape index (κ1) is 14.6. The van der Waals surface area contributed by atoms with Gasteiger partial charge in [0.15, 0.2) is 0 Å². The summed E-state index contributed by atoms with van der Waals surface area (Å²) in [5.41, 5.74) is 1.80. The third kappa shape index (κ3) is 4.43. The van der Waals surface area contributed by atoms with E-state index in [0.29, 0.717) is 12.1 Å². The molecule has 0 atom stereocenters. The minimum atomic E-state index is -0.159. The van der Waals surface area contributed by atoms with Crippen molar-refractivity contribution in [2.24, 2.45) is 0 Å². The summed E-state index contributed by atoms with van der Waals surface area (Å²) < 4.78 is 13.8. The molecule has 18 heavy (non-hydrogen) atoms. The van der Waals surface area contributed by atoms with E-state index in [1.54, 1.807) is 6.07 Å². The van der Waals surface area contributed by atoms with Crippen LogP contribution < -0.4 is 5.32 Å². The summed E-state index contributed by atoms with van der Waals surface area (Å²) in [5.74, 6) is -0.159. The molecule has 0 aromatic heterocycles. The first-order valence-corrected chi connectivity index (χ1v) is 6.07. The molecule has 0 saturated heterocycles. The normalized spacial score (nSPS) is 10.6. The van der Waals surface area contributed by atoms with Crippen molar-refractivity contribution in [1.29, 1.82) is 0 Å². The molecule has 1 aromatic carbocycles. The number of halogens is 1. The highest BCUT2D eigenvalue weighted by atomic mass is 19.1. The maximum absolute atomic E-state index is 13.8. The van der Waals surface area contributed by atoms with Gasteiger partial charge in [-0.05, 0) is 18.7 Å². The zero-order chi connectivity index (χ0) is 13.4. The second-order valence-corrected chi connectivity index (χ2v) is 4.23. The second-order valence-electron chi connectivity index (χ2n) is 4.23. The Morgan fingerprint density at radius 2 is 1.94 bits per heavy atom. The van der Waals surface area contributed by atoms with Gasteiger partial charge >= 0.3 is 0 Å². The lowest BCUT2D eigenvalue weighted by molar-refractivity contribution is 0.322. The lowest BCUT2D eigenvalue weighted by Gasteiger charge is -2.19. The molecule has 1 N–H and O–H groups in total. The highest BCUT2D eigenvalue weighted by Crippen LogP contribution is 2.13. The average molecular weight is 248 g/mol. The molecule has 2 nitrogen and oxygen atoms in total. The summed E-state index contributed by atoms with van der Waals surface area (Å²) in [6, 6.07) is 5.24. The number of hydrogen-bond donors (Lipinski definition) is 1. The van der Waals surface area contributed by atoms with Crippen LogP contribution in [0.25, 0.3) is 0 Å². The molecule has 98 valence electrons. The number of nitrogens with one attached hydrogen (secondary N) is 1. The Balaban J connectivity index is 2.82. The van der Waals surface area contributed by atoms with E-state index < -0.39 is 0 Å². The molecule has 0 aliphatic carbocycles. The molecule has 0 bridgehead atoms. The zero-order valence-corrected chi connectivity index (χ0v) is 11.0. The molecule has 0 amide bonds. The largest absolute Gasteiger partial charge is 0.316 e. The van der Waals surface area contributed by atoms with Crippen molar-refractivity contribution >= 4 is 0 Å². The zero-order valence-electron chi connectivity index (χ0n) is 11.0. The molecule has 0 saturated carbocycles. The van der Waals surface area contributed by atoms with Gasteiger partial charge in [-0.15, -0.1) is 13.2 Å². The quantitative estimate of drug-likeness (QED) is 0.712. The summed E-state index contributed by atoms with van der Waals surface area (Å²) in [5, 5.41) is 3.07. The van der Waals surface area contributed by atoms with Gasteiger partial charge in [-0.25, -0.2) is 4.39 Å². The van der Waals surface area contributed by atoms with Crippen LogP contribution in [0.15, 0.2) is 43.5 Å². The molecular weight excluding hydrogens is 227 g/mol. The van der Waals surface area contributed by atoms with Gasteiger partial charge in [0.2, 0.25) is 0 Å². The molecule has 0 spiro atoms. The van der Waals surface area contributed by atoms with Gasteiger partial charge in [-0.1, -0.05) is 24.3 Å². The Morgan fingerprint density at radius 1 is 1.28 bits per heavy atom. The first-order valence-electron chi connectivity index (χ1n) is 6.07. The van der Waals surface area contributed by atoms with Gasteiger partial charge in [-0.2, -0.15) is 0 Å². The molecule has 0 radical (unpaired) electrons. The Morgan fingerprint density at radius 3 is 2.50 bits per heavy atom. The fourth-order valence-electron chi connectivity index (χ4n) is 1.87. The van der Waals surface area contributed by atoms with Crippen molar-refractivity contribution in [2.75, 3.05) is 20.1 Å². The second kappa shape index (κ2) is 7.80. The van der Waals surface area contributed by atoms with E-state index in [1.807, 2.05) is 25.3 Å². The number of nitrogens with zero attached hydrogens (tertiary/aromatic N) is 1. The van der Waals surface area contributed by atoms with Gasteiger partial charge in [0.25, 0.3) is 0 Å². The third-order valence-corrected chi connectivity index (χ3v) is 2.66. The molecule has 0 heterocycles. The molecule has 0 unspecified atom stereocenters. The average Bonchev–Trinajstić information content (AvgIpc) is 2.34. The van der Waals surface area contributed by atoms with E-state index in [1.165, 1.54) is 6.07 Å². The first-order chi connectivity index (χ1) is 8.71. The number of benzene rings is 1. The Hall–Kier alpha value is -1.45. The van der Waals surface area contributed by atoms with Crippen LogP contribution in [0.4, 0.5) is 4.39 Å². The SMILES string of the molecule is C=CCN(CC=C)Cc1cc(CNC)ccc1F. The monoisotopic (exact) mass is 248 g/mol. The van der Waals surface area contributed by atoms with Crippen molar-refractivity contribution in [2.45, 2.75) is 13.1 Å². The van der Waals surface area contributed by atoms with Crippen LogP contribution in [0.2, 0.25) is 0 Å². The van der Waals surface area contributed by atoms with E-state index in [2.05, 4.69) is 23.4 Å². The predicted octanol–water partition coefficient (Wildman–Crippen LogP) is 2.72. The molecule has 1 aromatic rings. The summed E-state index contributed by atoms with van der Waals surface area (Å²) >= 11 is 0. The van der Waals surface area contributed by atoms with Crippen LogP contribution in [0.3, 0.4) is 0 Å². The molecule has 3 heteroatoms. The fraction of sp³-hybridized carbons (Fsp3) is 0.333. The lowest BCUT2D eigenvalue weighted by atomic mass is 10.1. The lowest BCUT2D eigenvalue weighted by Crippen LogP contribution is -2.24. The van der Waals surface area contributed by atoms with E-state index in [-0.39, 0.29) is 5.82 Å². The van der Waals surface area contributed by atoms with Crippen LogP contribution in [0, 0.1) is 5.82 Å². The fourth-order valence-corrected chi connectivity index (χ4v) is 1.87. The standard InChI is InChI=1S/C15H21FN2/c1-4-8-18(9-5-2)12-14-10-13(11-17-3)6-7-15(14)16/h4-7,10,17H,1-2,8-9,11-12H2,3H3. The molecule has 0 aliphatic heterocycles. The van der Waals surface area contributed by atoms with Gasteiger partial charge in [0.05, 0.1) is 0 Å². The van der Waals surface area contributed by atoms with Gasteiger partial charge in [0, 0.05) is 31.7 Å². The van der Waals surface area contributed by atoms with Crippen LogP contribution in [-0.4, -0.2) is 25.0 Å². The van der Waals surface area contributed by atoms with E-state index >= 15 is 0 Å². The molecular formula is C15H21FN2. The number of hydrogen-bond acceptors (Lipinski definition) is 2. The maximum Gasteiger partial charge on any atom is 0.127 e. The summed E-state index contributed by atoms with van der Waals surface area (Å²) in [6.07, 6.45) is 3.64. The van der Waals surface area contributed by atoms with Crippen molar-refractivity contribution < 1.29 is 4.39 Å². The van der Waals surface area contributed by atoms with Crippen molar-refractivity contribution in [1.82, 2.24) is 10.2 Å². The van der Waals surface area contributed by atoms with Crippen molar-refractivity contribution in [3.8, 4) is 0 Å². The molecule has 0 aliphatic rings. The van der Waals surface area contributed by atoms with Crippen molar-refractivity contribution in [3.63, 3.8) is 0 Å². The van der Waals surface area contributed by atoms with Crippen LogP contribution in [0.1, 0.15) is 11.1 Å². The van der Waals surface area contributed by atoms with Gasteiger partial charge in [0.1, 0.15) is 5.82 Å². The minimum Gasteiger partial charge on any atom is -0.316 e. The van der Waals surface area contributed by atoms with Crippen LogP contribution in [0.5, 0.6) is 0 Å². The smallest absolute Gasteiger partial charge is 0.127 e. The third-order valence-electron chi connectivity index (χ3n) is 2.66. The van der Waals surface area contributed by atoms with E-state index in [4.69, 9.17) is 0 Å². The summed E-state index contributed by atoms with van der Waals surface area (Å²) in [4.78, 5) is 2.08. The maximum atomic E-state index is 13.8. The highest BCUT2D eigenvalue weighted by molar-refractivity contribution is 5.25.